The number of rotatable bonds is 5. The fourth-order valence-electron chi connectivity index (χ4n) is 3.66. The number of hydrogen-bond donors (Lipinski definition) is 1. The maximum Gasteiger partial charge on any atom is 0.309 e. The van der Waals surface area contributed by atoms with E-state index in [0.29, 0.717) is 29.8 Å². The average molecular weight is 383 g/mol. The number of likely N-dealkylation sites (tertiary alicyclic amines) is 1. The molecular weight excluding hydrogens is 360 g/mol. The highest BCUT2D eigenvalue weighted by Crippen LogP contribution is 2.33. The zero-order chi connectivity index (χ0) is 19.5. The lowest BCUT2D eigenvalue weighted by Crippen LogP contribution is -3.11. The molecule has 146 valence electrons. The van der Waals surface area contributed by atoms with Gasteiger partial charge < -0.3 is 18.6 Å². The predicted octanol–water partition coefficient (Wildman–Crippen LogP) is 1.67. The van der Waals surface area contributed by atoms with Gasteiger partial charge in [-0.15, -0.1) is 10.2 Å². The molecule has 2 aromatic heterocycles. The van der Waals surface area contributed by atoms with E-state index in [-0.39, 0.29) is 11.9 Å². The number of quaternary nitrogens is 1. The van der Waals surface area contributed by atoms with Crippen molar-refractivity contribution in [1.29, 1.82) is 0 Å². The van der Waals surface area contributed by atoms with Crippen molar-refractivity contribution >= 4 is 5.97 Å². The van der Waals surface area contributed by atoms with Crippen molar-refractivity contribution in [2.24, 2.45) is 5.92 Å². The number of aryl methyl sites for hydroxylation is 1. The van der Waals surface area contributed by atoms with Crippen LogP contribution in [0, 0.1) is 12.8 Å². The van der Waals surface area contributed by atoms with E-state index >= 15 is 0 Å². The molecule has 0 aliphatic carbocycles. The molecule has 0 radical (unpaired) electrons. The molecule has 0 atom stereocenters. The summed E-state index contributed by atoms with van der Waals surface area (Å²) in [4.78, 5) is 13.0. The summed E-state index contributed by atoms with van der Waals surface area (Å²) >= 11 is 0. The monoisotopic (exact) mass is 383 g/mol. The Bertz CT molecular complexity index is 942. The second-order valence-corrected chi connectivity index (χ2v) is 7.05. The summed E-state index contributed by atoms with van der Waals surface area (Å²) in [6.45, 7) is 4.21. The number of nitrogens with zero attached hydrogens (tertiary/aromatic N) is 3. The number of benzene rings is 1. The van der Waals surface area contributed by atoms with Gasteiger partial charge in [-0.1, -0.05) is 35.5 Å². The Labute approximate surface area is 162 Å². The van der Waals surface area contributed by atoms with Gasteiger partial charge in [0, 0.05) is 18.4 Å². The van der Waals surface area contributed by atoms with Crippen molar-refractivity contribution < 1.29 is 23.4 Å². The van der Waals surface area contributed by atoms with Gasteiger partial charge >= 0.3 is 5.97 Å². The molecule has 0 unspecified atom stereocenters. The van der Waals surface area contributed by atoms with Gasteiger partial charge in [0.05, 0.1) is 26.1 Å². The van der Waals surface area contributed by atoms with Crippen LogP contribution in [-0.2, 0) is 16.1 Å². The molecule has 8 heteroatoms. The minimum Gasteiger partial charge on any atom is -0.469 e. The van der Waals surface area contributed by atoms with Crippen LogP contribution in [0.15, 0.2) is 39.3 Å². The molecular formula is C20H23N4O4+. The number of methoxy groups -OCH3 is 1. The Hall–Kier alpha value is -3.00. The second-order valence-electron chi connectivity index (χ2n) is 7.05. The largest absolute Gasteiger partial charge is 0.469 e. The number of ether oxygens (including phenoxy) is 1. The highest BCUT2D eigenvalue weighted by atomic mass is 16.5. The van der Waals surface area contributed by atoms with E-state index in [0.717, 1.165) is 37.1 Å². The summed E-state index contributed by atoms with van der Waals surface area (Å²) < 4.78 is 16.2. The smallest absolute Gasteiger partial charge is 0.309 e. The lowest BCUT2D eigenvalue weighted by atomic mass is 9.97. The van der Waals surface area contributed by atoms with Crippen LogP contribution in [0.5, 0.6) is 0 Å². The van der Waals surface area contributed by atoms with E-state index in [9.17, 15) is 4.79 Å². The zero-order valence-electron chi connectivity index (χ0n) is 16.0. The Kier molecular flexibility index (Phi) is 5.21. The van der Waals surface area contributed by atoms with E-state index in [1.807, 2.05) is 37.3 Å². The normalized spacial score (nSPS) is 19.5. The van der Waals surface area contributed by atoms with Crippen molar-refractivity contribution in [2.45, 2.75) is 26.3 Å². The first-order chi connectivity index (χ1) is 13.7. The van der Waals surface area contributed by atoms with E-state index in [4.69, 9.17) is 13.7 Å². The summed E-state index contributed by atoms with van der Waals surface area (Å²) in [5, 5.41) is 12.6. The zero-order valence-corrected chi connectivity index (χ0v) is 16.0. The van der Waals surface area contributed by atoms with Gasteiger partial charge in [0.2, 0.25) is 0 Å². The van der Waals surface area contributed by atoms with E-state index in [1.54, 1.807) is 0 Å². The molecule has 28 heavy (non-hydrogen) atoms. The SMILES string of the molecule is COC(=O)C1CC[NH+](Cc2nnc(-c3c(-c4ccccc4)noc3C)o2)CC1. The predicted molar refractivity (Wildman–Crippen MR) is 99.1 cm³/mol. The summed E-state index contributed by atoms with van der Waals surface area (Å²) in [5.74, 6) is 1.51. The Balaban J connectivity index is 1.48. The molecule has 1 fully saturated rings. The molecule has 1 aliphatic rings. The van der Waals surface area contributed by atoms with Gasteiger partial charge in [-0.25, -0.2) is 0 Å². The summed E-state index contributed by atoms with van der Waals surface area (Å²) in [6, 6.07) is 9.78. The Morgan fingerprint density at radius 2 is 1.96 bits per heavy atom. The number of piperidine rings is 1. The number of carbonyl (C=O) groups excluding carboxylic acids is 1. The third-order valence-electron chi connectivity index (χ3n) is 5.22. The van der Waals surface area contributed by atoms with Gasteiger partial charge in [-0.2, -0.15) is 0 Å². The van der Waals surface area contributed by atoms with Gasteiger partial charge in [0.25, 0.3) is 11.8 Å². The molecule has 1 aliphatic heterocycles. The highest BCUT2D eigenvalue weighted by Gasteiger charge is 2.29. The van der Waals surface area contributed by atoms with Crippen molar-refractivity contribution in [3.63, 3.8) is 0 Å². The Morgan fingerprint density at radius 1 is 1.21 bits per heavy atom. The van der Waals surface area contributed by atoms with Gasteiger partial charge in [0.15, 0.2) is 6.54 Å². The molecule has 0 amide bonds. The maximum atomic E-state index is 11.7. The standard InChI is InChI=1S/C20H22N4O4/c1-13-17(18(23-28-13)14-6-4-3-5-7-14)19-22-21-16(27-19)12-24-10-8-15(9-11-24)20(25)26-2/h3-7,15H,8-12H2,1-2H3/p+1. The number of hydrogen-bond acceptors (Lipinski definition) is 7. The third kappa shape index (κ3) is 3.68. The van der Waals surface area contributed by atoms with Crippen molar-refractivity contribution in [2.75, 3.05) is 20.2 Å². The van der Waals surface area contributed by atoms with E-state index < -0.39 is 0 Å². The summed E-state index contributed by atoms with van der Waals surface area (Å²) in [6.07, 6.45) is 1.62. The van der Waals surface area contributed by atoms with Crippen molar-refractivity contribution in [3.05, 3.63) is 42.0 Å². The molecule has 1 N–H and O–H groups in total. The van der Waals surface area contributed by atoms with Crippen LogP contribution in [0.1, 0.15) is 24.5 Å². The third-order valence-corrected chi connectivity index (χ3v) is 5.22. The van der Waals surface area contributed by atoms with Gasteiger partial charge in [-0.05, 0) is 6.92 Å². The fourth-order valence-corrected chi connectivity index (χ4v) is 3.66. The van der Waals surface area contributed by atoms with Crippen LogP contribution >= 0.6 is 0 Å². The van der Waals surface area contributed by atoms with Gasteiger partial charge in [-0.3, -0.25) is 4.79 Å². The van der Waals surface area contributed by atoms with Gasteiger partial charge in [0.1, 0.15) is 17.0 Å². The lowest BCUT2D eigenvalue weighted by Gasteiger charge is -2.26. The number of carbonyl (C=O) groups is 1. The fraction of sp³-hybridized carbons (Fsp3) is 0.400. The molecule has 1 aromatic carbocycles. The molecule has 3 aromatic rings. The molecule has 8 nitrogen and oxygen atoms in total. The van der Waals surface area contributed by atoms with Crippen LogP contribution in [-0.4, -0.2) is 41.5 Å². The second kappa shape index (κ2) is 7.93. The lowest BCUT2D eigenvalue weighted by molar-refractivity contribution is -0.920. The molecule has 0 bridgehead atoms. The van der Waals surface area contributed by atoms with Crippen LogP contribution in [0.4, 0.5) is 0 Å². The molecule has 0 spiro atoms. The van der Waals surface area contributed by atoms with Crippen molar-refractivity contribution in [3.8, 4) is 22.7 Å². The molecule has 4 rings (SSSR count). The molecule has 1 saturated heterocycles. The summed E-state index contributed by atoms with van der Waals surface area (Å²) in [5.41, 5.74) is 2.36. The minimum atomic E-state index is -0.115. The first-order valence-corrected chi connectivity index (χ1v) is 9.41. The molecule has 3 heterocycles. The highest BCUT2D eigenvalue weighted by molar-refractivity contribution is 5.77. The first-order valence-electron chi connectivity index (χ1n) is 9.41. The van der Waals surface area contributed by atoms with E-state index in [1.165, 1.54) is 12.0 Å². The van der Waals surface area contributed by atoms with Crippen LogP contribution in [0.3, 0.4) is 0 Å². The van der Waals surface area contributed by atoms with E-state index in [2.05, 4.69) is 15.4 Å². The van der Waals surface area contributed by atoms with Crippen LogP contribution in [0.2, 0.25) is 0 Å². The minimum absolute atomic E-state index is 0.0000751. The quantitative estimate of drug-likeness (QED) is 0.670. The first kappa shape index (κ1) is 18.4. The Morgan fingerprint density at radius 3 is 2.68 bits per heavy atom. The summed E-state index contributed by atoms with van der Waals surface area (Å²) in [7, 11) is 1.44. The molecule has 0 saturated carbocycles. The topological polar surface area (TPSA) is 95.7 Å². The number of esters is 1. The maximum absolute atomic E-state index is 11.7. The number of aromatic nitrogens is 3. The average Bonchev–Trinajstić information content (AvgIpc) is 3.34. The van der Waals surface area contributed by atoms with Crippen molar-refractivity contribution in [1.82, 2.24) is 15.4 Å². The van der Waals surface area contributed by atoms with Crippen LogP contribution < -0.4 is 4.90 Å². The number of nitrogens with one attached hydrogen (secondary N) is 1. The van der Waals surface area contributed by atoms with Crippen LogP contribution in [0.25, 0.3) is 22.7 Å².